The van der Waals surface area contributed by atoms with Crippen LogP contribution in [-0.4, -0.2) is 88.9 Å². The summed E-state index contributed by atoms with van der Waals surface area (Å²) in [6.07, 6.45) is 7.62. The maximum Gasteiger partial charge on any atom is 0.471 e. The van der Waals surface area contributed by atoms with E-state index in [0.29, 0.717) is 32.3 Å². The average molecular weight is 669 g/mol. The highest BCUT2D eigenvalue weighted by Gasteiger charge is 2.43. The first-order valence-corrected chi connectivity index (χ1v) is 17.3. The molecule has 1 amide bonds. The smallest absolute Gasteiger partial charge is 0.371 e. The van der Waals surface area contributed by atoms with E-state index in [1.165, 1.54) is 19.2 Å². The Labute approximate surface area is 268 Å². The van der Waals surface area contributed by atoms with Gasteiger partial charge in [0.2, 0.25) is 0 Å². The molecule has 4 aliphatic rings. The van der Waals surface area contributed by atoms with Crippen molar-refractivity contribution in [3.8, 4) is 0 Å². The van der Waals surface area contributed by atoms with Gasteiger partial charge in [-0.3, -0.25) is 8.98 Å². The Balaban J connectivity index is 1.16. The number of aryl methyl sites for hydroxylation is 1. The van der Waals surface area contributed by atoms with Crippen LogP contribution in [0.2, 0.25) is 0 Å². The molecule has 5 rings (SSSR count). The molecule has 0 aromatic heterocycles. The van der Waals surface area contributed by atoms with Crippen LogP contribution in [-0.2, 0) is 33.3 Å². The summed E-state index contributed by atoms with van der Waals surface area (Å²) in [4.78, 5) is 12.5. The second-order valence-corrected chi connectivity index (χ2v) is 14.0. The summed E-state index contributed by atoms with van der Waals surface area (Å²) in [7, 11) is -2.76. The monoisotopic (exact) mass is 668 g/mol. The number of nitrogens with zero attached hydrogens (tertiary/aromatic N) is 1. The summed E-state index contributed by atoms with van der Waals surface area (Å²) in [5.74, 6) is -1.81. The number of nitrogens with one attached hydrogen (secondary N) is 1. The molecule has 13 heteroatoms. The summed E-state index contributed by atoms with van der Waals surface area (Å²) < 4.78 is 87.7. The summed E-state index contributed by atoms with van der Waals surface area (Å²) in [6, 6.07) is 6.08. The first-order chi connectivity index (χ1) is 21.9. The third-order valence-electron chi connectivity index (χ3n) is 9.01. The fourth-order valence-corrected chi connectivity index (χ4v) is 7.21. The summed E-state index contributed by atoms with van der Waals surface area (Å²) >= 11 is 0. The summed E-state index contributed by atoms with van der Waals surface area (Å²) in [5.41, 5.74) is 3.14. The van der Waals surface area contributed by atoms with Crippen molar-refractivity contribution in [3.05, 3.63) is 65.3 Å². The van der Waals surface area contributed by atoms with E-state index in [9.17, 15) is 26.4 Å². The number of carbonyl (C=O) groups excluding carboxylic acids is 1. The van der Waals surface area contributed by atoms with Gasteiger partial charge in [-0.15, -0.1) is 0 Å². The number of benzene rings is 1. The second kappa shape index (κ2) is 15.1. The molecule has 9 nitrogen and oxygen atoms in total. The van der Waals surface area contributed by atoms with Crippen molar-refractivity contribution in [2.45, 2.75) is 106 Å². The van der Waals surface area contributed by atoms with Gasteiger partial charge in [0.05, 0.1) is 24.2 Å². The minimum Gasteiger partial charge on any atom is -0.371 e. The molecular weight excluding hydrogens is 625 g/mol. The number of hydrogen-bond acceptors (Lipinski definition) is 8. The number of rotatable bonds is 11. The van der Waals surface area contributed by atoms with Gasteiger partial charge < -0.3 is 24.4 Å². The lowest BCUT2D eigenvalue weighted by molar-refractivity contribution is -0.204. The number of amides is 1. The van der Waals surface area contributed by atoms with Crippen LogP contribution in [0.3, 0.4) is 0 Å². The SMILES string of the molecule is Cc1ccc(S(=O)(=O)OCC(COC2C=C3C=CC(C4=CCC(N(C)C(=O)C(F)(F)F)CC4)NC3CC2)OC2CCCCO2)cc1. The van der Waals surface area contributed by atoms with Crippen molar-refractivity contribution in [1.82, 2.24) is 10.2 Å². The Hall–Kier alpha value is -2.55. The van der Waals surface area contributed by atoms with Crippen molar-refractivity contribution in [2.75, 3.05) is 26.9 Å². The van der Waals surface area contributed by atoms with E-state index in [4.69, 9.17) is 18.4 Å². The highest BCUT2D eigenvalue weighted by molar-refractivity contribution is 7.86. The standard InChI is InChI=1S/C33H43F3N2O7S/c1-22-6-14-28(15-7-22)46(40,41)44-21-27(45-31-5-3-4-18-42-31)20-43-26-13-17-30-24(19-26)10-16-29(37-30)23-8-11-25(12-9-23)38(2)32(39)33(34,35)36/h6-8,10,14-16,19,25-27,29-31,37H,3-5,9,11-13,17-18,20-21H2,1-2H3. The molecule has 1 N–H and O–H groups in total. The van der Waals surface area contributed by atoms with Crippen LogP contribution in [0.15, 0.2) is 64.6 Å². The maximum absolute atomic E-state index is 12.9. The zero-order valence-electron chi connectivity index (χ0n) is 26.2. The summed E-state index contributed by atoms with van der Waals surface area (Å²) in [5, 5.41) is 3.64. The van der Waals surface area contributed by atoms with Crippen LogP contribution < -0.4 is 5.32 Å². The maximum atomic E-state index is 12.9. The Bertz CT molecular complexity index is 1400. The molecule has 1 saturated heterocycles. The molecule has 1 aromatic rings. The number of halogens is 3. The van der Waals surface area contributed by atoms with Gasteiger partial charge in [-0.05, 0) is 76.0 Å². The van der Waals surface area contributed by atoms with Crippen molar-refractivity contribution >= 4 is 16.0 Å². The topological polar surface area (TPSA) is 103 Å². The molecule has 0 saturated carbocycles. The predicted octanol–water partition coefficient (Wildman–Crippen LogP) is 5.11. The average Bonchev–Trinajstić information content (AvgIpc) is 3.05. The molecule has 2 aliphatic carbocycles. The number of carbonyl (C=O) groups is 1. The molecule has 0 spiro atoms. The minimum absolute atomic E-state index is 0.0231. The molecule has 2 heterocycles. The van der Waals surface area contributed by atoms with Gasteiger partial charge in [0.25, 0.3) is 10.1 Å². The molecule has 1 fully saturated rings. The van der Waals surface area contributed by atoms with Crippen LogP contribution in [0.5, 0.6) is 0 Å². The Kier molecular flexibility index (Phi) is 11.4. The lowest BCUT2D eigenvalue weighted by Crippen LogP contribution is -2.47. The van der Waals surface area contributed by atoms with E-state index in [0.717, 1.165) is 47.3 Å². The molecule has 6 unspecified atom stereocenters. The third-order valence-corrected chi connectivity index (χ3v) is 10.3. The van der Waals surface area contributed by atoms with Crippen molar-refractivity contribution in [1.29, 1.82) is 0 Å². The lowest BCUT2D eigenvalue weighted by Gasteiger charge is -2.37. The number of ether oxygens (including phenoxy) is 3. The van der Waals surface area contributed by atoms with Crippen molar-refractivity contribution < 1.29 is 44.8 Å². The fourth-order valence-electron chi connectivity index (χ4n) is 6.27. The van der Waals surface area contributed by atoms with Gasteiger partial charge in [0.1, 0.15) is 6.10 Å². The quantitative estimate of drug-likeness (QED) is 0.256. The molecule has 0 bridgehead atoms. The van der Waals surface area contributed by atoms with E-state index >= 15 is 0 Å². The largest absolute Gasteiger partial charge is 0.471 e. The van der Waals surface area contributed by atoms with Crippen LogP contribution in [0.4, 0.5) is 13.2 Å². The zero-order valence-corrected chi connectivity index (χ0v) is 27.0. The molecule has 46 heavy (non-hydrogen) atoms. The van der Waals surface area contributed by atoms with E-state index in [-0.39, 0.29) is 36.3 Å². The van der Waals surface area contributed by atoms with Gasteiger partial charge >= 0.3 is 12.1 Å². The van der Waals surface area contributed by atoms with Gasteiger partial charge in [-0.1, -0.05) is 47.6 Å². The van der Waals surface area contributed by atoms with Crippen LogP contribution >= 0.6 is 0 Å². The fraction of sp³-hybridized carbons (Fsp3) is 0.606. The molecule has 6 atom stereocenters. The molecule has 254 valence electrons. The van der Waals surface area contributed by atoms with E-state index in [1.54, 1.807) is 12.1 Å². The molecule has 1 aromatic carbocycles. The van der Waals surface area contributed by atoms with Crippen LogP contribution in [0.1, 0.15) is 56.9 Å². The van der Waals surface area contributed by atoms with Crippen LogP contribution in [0.25, 0.3) is 0 Å². The molecule has 2 aliphatic heterocycles. The number of hydrogen-bond donors (Lipinski definition) is 1. The summed E-state index contributed by atoms with van der Waals surface area (Å²) in [6.45, 7) is 2.38. The first-order valence-electron chi connectivity index (χ1n) is 15.9. The molecule has 0 radical (unpaired) electrons. The zero-order chi connectivity index (χ0) is 32.9. The van der Waals surface area contributed by atoms with Gasteiger partial charge in [0.15, 0.2) is 6.29 Å². The Morgan fingerprint density at radius 2 is 1.89 bits per heavy atom. The highest BCUT2D eigenvalue weighted by atomic mass is 32.2. The van der Waals surface area contributed by atoms with E-state index in [1.807, 2.05) is 13.0 Å². The van der Waals surface area contributed by atoms with Gasteiger partial charge in [0, 0.05) is 31.8 Å². The lowest BCUT2D eigenvalue weighted by atomic mass is 9.84. The number of alkyl halides is 3. The highest BCUT2D eigenvalue weighted by Crippen LogP contribution is 2.32. The van der Waals surface area contributed by atoms with Gasteiger partial charge in [-0.2, -0.15) is 21.6 Å². The predicted molar refractivity (Wildman–Crippen MR) is 164 cm³/mol. The van der Waals surface area contributed by atoms with E-state index in [2.05, 4.69) is 23.5 Å². The van der Waals surface area contributed by atoms with Crippen LogP contribution in [0, 0.1) is 6.92 Å². The minimum atomic E-state index is -4.87. The molecular formula is C33H43F3N2O7S. The first kappa shape index (κ1) is 34.8. The Morgan fingerprint density at radius 3 is 2.57 bits per heavy atom. The second-order valence-electron chi connectivity index (χ2n) is 12.4. The van der Waals surface area contributed by atoms with Gasteiger partial charge in [-0.25, -0.2) is 0 Å². The Morgan fingerprint density at radius 1 is 1.11 bits per heavy atom. The number of fused-ring (bicyclic) bond motifs is 1. The van der Waals surface area contributed by atoms with E-state index < -0.39 is 40.6 Å². The third kappa shape index (κ3) is 9.07. The van der Waals surface area contributed by atoms with Crippen molar-refractivity contribution in [2.24, 2.45) is 0 Å². The van der Waals surface area contributed by atoms with Crippen molar-refractivity contribution in [3.63, 3.8) is 0 Å². The normalized spacial score (nSPS) is 27.7.